The van der Waals surface area contributed by atoms with Crippen LogP contribution in [0.2, 0.25) is 0 Å². The first-order chi connectivity index (χ1) is 24.8. The second kappa shape index (κ2) is 11.4. The molecular formula is C45H27N3O2. The predicted molar refractivity (Wildman–Crippen MR) is 202 cm³/mol. The molecule has 5 nitrogen and oxygen atoms in total. The number of aromatic nitrogens is 3. The van der Waals surface area contributed by atoms with Gasteiger partial charge in [-0.1, -0.05) is 133 Å². The molecular weight excluding hydrogens is 615 g/mol. The Morgan fingerprint density at radius 1 is 0.320 bits per heavy atom. The van der Waals surface area contributed by atoms with Crippen molar-refractivity contribution in [2.45, 2.75) is 0 Å². The Bertz CT molecular complexity index is 2800. The molecule has 50 heavy (non-hydrogen) atoms. The maximum Gasteiger partial charge on any atom is 0.167 e. The molecule has 0 radical (unpaired) electrons. The highest BCUT2D eigenvalue weighted by molar-refractivity contribution is 6.17. The average Bonchev–Trinajstić information content (AvgIpc) is 3.77. The molecule has 0 N–H and O–H groups in total. The highest BCUT2D eigenvalue weighted by Crippen LogP contribution is 2.43. The number of hydrogen-bond acceptors (Lipinski definition) is 5. The van der Waals surface area contributed by atoms with Crippen molar-refractivity contribution in [3.63, 3.8) is 0 Å². The predicted octanol–water partition coefficient (Wildman–Crippen LogP) is 12.0. The topological polar surface area (TPSA) is 65.0 Å². The highest BCUT2D eigenvalue weighted by Gasteiger charge is 2.20. The second-order valence-electron chi connectivity index (χ2n) is 12.4. The molecule has 3 heterocycles. The zero-order chi connectivity index (χ0) is 33.0. The van der Waals surface area contributed by atoms with E-state index < -0.39 is 0 Å². The minimum Gasteiger partial charge on any atom is -0.455 e. The minimum absolute atomic E-state index is 0.558. The molecule has 10 aromatic rings. The lowest BCUT2D eigenvalue weighted by Gasteiger charge is -2.08. The monoisotopic (exact) mass is 641 g/mol. The summed E-state index contributed by atoms with van der Waals surface area (Å²) in [6.45, 7) is 0. The molecule has 0 amide bonds. The van der Waals surface area contributed by atoms with Crippen LogP contribution in [0.15, 0.2) is 173 Å². The lowest BCUT2D eigenvalue weighted by atomic mass is 9.94. The van der Waals surface area contributed by atoms with Gasteiger partial charge in [-0.15, -0.1) is 0 Å². The first-order valence-electron chi connectivity index (χ1n) is 16.6. The van der Waals surface area contributed by atoms with Crippen LogP contribution in [0.25, 0.3) is 100 Å². The quantitative estimate of drug-likeness (QED) is 0.187. The van der Waals surface area contributed by atoms with Crippen molar-refractivity contribution >= 4 is 43.9 Å². The number of para-hydroxylation sites is 2. The number of benzene rings is 7. The number of furan rings is 2. The van der Waals surface area contributed by atoms with Crippen LogP contribution in [-0.4, -0.2) is 15.0 Å². The van der Waals surface area contributed by atoms with Crippen molar-refractivity contribution in [1.82, 2.24) is 15.0 Å². The number of hydrogen-bond donors (Lipinski definition) is 0. The summed E-state index contributed by atoms with van der Waals surface area (Å²) in [5.41, 5.74) is 10.2. The first kappa shape index (κ1) is 28.2. The molecule has 7 aromatic carbocycles. The van der Waals surface area contributed by atoms with Crippen LogP contribution in [0.1, 0.15) is 0 Å². The van der Waals surface area contributed by atoms with Crippen molar-refractivity contribution in [3.8, 4) is 56.4 Å². The molecule has 234 valence electrons. The van der Waals surface area contributed by atoms with E-state index in [1.165, 1.54) is 0 Å². The van der Waals surface area contributed by atoms with Gasteiger partial charge in [0.15, 0.2) is 17.5 Å². The van der Waals surface area contributed by atoms with Crippen molar-refractivity contribution in [2.75, 3.05) is 0 Å². The molecule has 0 saturated carbocycles. The van der Waals surface area contributed by atoms with Gasteiger partial charge in [-0.25, -0.2) is 15.0 Å². The number of rotatable bonds is 5. The Kier molecular flexibility index (Phi) is 6.42. The Morgan fingerprint density at radius 3 is 1.62 bits per heavy atom. The Morgan fingerprint density at radius 2 is 0.900 bits per heavy atom. The van der Waals surface area contributed by atoms with E-state index in [-0.39, 0.29) is 0 Å². The normalized spacial score (nSPS) is 11.6. The van der Waals surface area contributed by atoms with Crippen LogP contribution >= 0.6 is 0 Å². The molecule has 0 unspecified atom stereocenters. The molecule has 5 heteroatoms. The molecule has 0 bridgehead atoms. The molecule has 0 spiro atoms. The van der Waals surface area contributed by atoms with Gasteiger partial charge in [0.25, 0.3) is 0 Å². The van der Waals surface area contributed by atoms with Crippen LogP contribution < -0.4 is 0 Å². The molecule has 0 atom stereocenters. The zero-order valence-corrected chi connectivity index (χ0v) is 26.7. The van der Waals surface area contributed by atoms with Gasteiger partial charge < -0.3 is 8.83 Å². The van der Waals surface area contributed by atoms with E-state index >= 15 is 0 Å². The summed E-state index contributed by atoms with van der Waals surface area (Å²) < 4.78 is 13.3. The third-order valence-electron chi connectivity index (χ3n) is 9.36. The van der Waals surface area contributed by atoms with Crippen LogP contribution in [0.3, 0.4) is 0 Å². The molecule has 0 aliphatic rings. The third kappa shape index (κ3) is 4.60. The van der Waals surface area contributed by atoms with E-state index in [1.807, 2.05) is 91.0 Å². The summed E-state index contributed by atoms with van der Waals surface area (Å²) in [4.78, 5) is 14.8. The van der Waals surface area contributed by atoms with Crippen LogP contribution in [0.5, 0.6) is 0 Å². The zero-order valence-electron chi connectivity index (χ0n) is 26.7. The average molecular weight is 642 g/mol. The standard InChI is InChI=1S/C45H27N3O2/c1-4-13-28(14-5-1)32-25-26-33(42-40(32)36-19-10-11-22-38(36)49-42)31-23-24-34-35-20-12-21-37(41(35)50-39(34)27-31)45-47-43(29-15-6-2-7-16-29)46-44(48-45)30-17-8-3-9-18-30/h1-27H. The van der Waals surface area contributed by atoms with E-state index in [2.05, 4.69) is 72.8 Å². The number of nitrogens with zero attached hydrogens (tertiary/aromatic N) is 3. The lowest BCUT2D eigenvalue weighted by Crippen LogP contribution is -2.00. The van der Waals surface area contributed by atoms with E-state index in [9.17, 15) is 0 Å². The van der Waals surface area contributed by atoms with Crippen LogP contribution in [0, 0.1) is 0 Å². The van der Waals surface area contributed by atoms with Gasteiger partial charge in [-0.05, 0) is 47.0 Å². The lowest BCUT2D eigenvalue weighted by molar-refractivity contribution is 0.668. The highest BCUT2D eigenvalue weighted by atomic mass is 16.3. The van der Waals surface area contributed by atoms with Gasteiger partial charge >= 0.3 is 0 Å². The molecule has 0 aliphatic heterocycles. The van der Waals surface area contributed by atoms with E-state index in [0.29, 0.717) is 17.5 Å². The maximum atomic E-state index is 6.72. The summed E-state index contributed by atoms with van der Waals surface area (Å²) >= 11 is 0. The van der Waals surface area contributed by atoms with Gasteiger partial charge in [0.05, 0.1) is 5.56 Å². The van der Waals surface area contributed by atoms with E-state index in [0.717, 1.165) is 82.8 Å². The Balaban J connectivity index is 1.15. The largest absolute Gasteiger partial charge is 0.455 e. The second-order valence-corrected chi connectivity index (χ2v) is 12.4. The van der Waals surface area contributed by atoms with Gasteiger partial charge in [0, 0.05) is 38.2 Å². The first-order valence-corrected chi connectivity index (χ1v) is 16.6. The summed E-state index contributed by atoms with van der Waals surface area (Å²) in [5.74, 6) is 1.78. The molecule has 0 fully saturated rings. The molecule has 0 aliphatic carbocycles. The van der Waals surface area contributed by atoms with Crippen molar-refractivity contribution in [2.24, 2.45) is 0 Å². The van der Waals surface area contributed by atoms with Gasteiger partial charge in [0.1, 0.15) is 22.3 Å². The third-order valence-corrected chi connectivity index (χ3v) is 9.36. The maximum absolute atomic E-state index is 6.72. The fraction of sp³-hybridized carbons (Fsp3) is 0. The SMILES string of the molecule is c1ccc(-c2nc(-c3ccccc3)nc(-c3cccc4c3oc3cc(-c5ccc(-c6ccccc6)c6c5oc5ccccc56)ccc34)n2)cc1. The molecule has 10 rings (SSSR count). The van der Waals surface area contributed by atoms with Crippen molar-refractivity contribution in [3.05, 3.63) is 164 Å². The van der Waals surface area contributed by atoms with Gasteiger partial charge in [-0.3, -0.25) is 0 Å². The van der Waals surface area contributed by atoms with E-state index in [1.54, 1.807) is 0 Å². The smallest absolute Gasteiger partial charge is 0.167 e. The minimum atomic E-state index is 0.558. The van der Waals surface area contributed by atoms with Gasteiger partial charge in [0.2, 0.25) is 0 Å². The van der Waals surface area contributed by atoms with E-state index in [4.69, 9.17) is 23.8 Å². The van der Waals surface area contributed by atoms with Crippen LogP contribution in [-0.2, 0) is 0 Å². The molecule has 0 saturated heterocycles. The fourth-order valence-electron chi connectivity index (χ4n) is 6.98. The van der Waals surface area contributed by atoms with Gasteiger partial charge in [-0.2, -0.15) is 0 Å². The summed E-state index contributed by atoms with van der Waals surface area (Å²) in [5, 5.41) is 4.22. The fourth-order valence-corrected chi connectivity index (χ4v) is 6.98. The van der Waals surface area contributed by atoms with Crippen molar-refractivity contribution < 1.29 is 8.83 Å². The van der Waals surface area contributed by atoms with Crippen molar-refractivity contribution in [1.29, 1.82) is 0 Å². The molecule has 3 aromatic heterocycles. The van der Waals surface area contributed by atoms with Crippen LogP contribution in [0.4, 0.5) is 0 Å². The Labute approximate surface area is 287 Å². The summed E-state index contributed by atoms with van der Waals surface area (Å²) in [6, 6.07) is 55.6. The number of fused-ring (bicyclic) bond motifs is 6. The summed E-state index contributed by atoms with van der Waals surface area (Å²) in [6.07, 6.45) is 0. The Hall–Kier alpha value is -6.85. The summed E-state index contributed by atoms with van der Waals surface area (Å²) in [7, 11) is 0.